The molecule has 2 N–H and O–H groups in total. The topological polar surface area (TPSA) is 266 Å². The summed E-state index contributed by atoms with van der Waals surface area (Å²) in [7, 11) is -21.5. The van der Waals surface area contributed by atoms with Crippen LogP contribution in [-0.4, -0.2) is 90.5 Å². The third kappa shape index (κ3) is 18.1. The second-order valence-corrected chi connectivity index (χ2v) is 11.9. The molecule has 0 saturated heterocycles. The third-order valence-electron chi connectivity index (χ3n) is 1.70. The molecule has 0 spiro atoms. The van der Waals surface area contributed by atoms with Crippen molar-refractivity contribution in [1.82, 2.24) is 0 Å². The number of aliphatic hydroxyl groups is 2. The number of rotatable bonds is 8. The summed E-state index contributed by atoms with van der Waals surface area (Å²) >= 11 is 0. The summed E-state index contributed by atoms with van der Waals surface area (Å²) in [5.74, 6) is -0.684. The molecule has 4 atom stereocenters. The van der Waals surface area contributed by atoms with Crippen LogP contribution in [0.5, 0.6) is 0 Å². The zero-order valence-corrected chi connectivity index (χ0v) is 23.1. The Morgan fingerprint density at radius 2 is 0.862 bits per heavy atom. The summed E-state index contributed by atoms with van der Waals surface area (Å²) in [4.78, 5) is 61.8. The molecule has 0 aliphatic heterocycles. The first-order chi connectivity index (χ1) is 11.1. The van der Waals surface area contributed by atoms with Crippen molar-refractivity contribution in [2.45, 2.75) is 25.0 Å². The van der Waals surface area contributed by atoms with Crippen LogP contribution >= 0.6 is 30.4 Å². The number of allylic oxidation sites excluding steroid dienone is 2. The van der Waals surface area contributed by atoms with Crippen LogP contribution in [0, 0.1) is 0 Å². The molecular formula is C8H14Mg3O14P4. The zero-order valence-electron chi connectivity index (χ0n) is 15.3. The molecule has 0 fully saturated rings. The van der Waals surface area contributed by atoms with Gasteiger partial charge >= 0.3 is 69.2 Å². The van der Waals surface area contributed by atoms with Gasteiger partial charge in [0.2, 0.25) is 15.2 Å². The Morgan fingerprint density at radius 3 is 0.966 bits per heavy atom. The van der Waals surface area contributed by atoms with E-state index in [9.17, 15) is 47.6 Å². The van der Waals surface area contributed by atoms with E-state index in [4.69, 9.17) is 10.2 Å². The van der Waals surface area contributed by atoms with E-state index in [1.165, 1.54) is 0 Å². The average molecular weight is 531 g/mol. The van der Waals surface area contributed by atoms with E-state index in [-0.39, 0.29) is 80.7 Å². The van der Waals surface area contributed by atoms with Gasteiger partial charge in [-0.25, -0.2) is 0 Å². The molecule has 4 unspecified atom stereocenters. The molecule has 29 heavy (non-hydrogen) atoms. The van der Waals surface area contributed by atoms with Crippen LogP contribution < -0.4 is 29.4 Å². The van der Waals surface area contributed by atoms with Crippen LogP contribution in [0.1, 0.15) is 13.8 Å². The van der Waals surface area contributed by atoms with E-state index in [0.29, 0.717) is 0 Å². The van der Waals surface area contributed by atoms with Crippen LogP contribution in [0.15, 0.2) is 24.7 Å². The molecule has 0 aliphatic rings. The molecule has 0 aliphatic carbocycles. The van der Waals surface area contributed by atoms with Gasteiger partial charge in [-0.1, -0.05) is 13.2 Å². The van der Waals surface area contributed by atoms with E-state index in [1.54, 1.807) is 0 Å². The summed E-state index contributed by atoms with van der Waals surface area (Å²) in [6.45, 7) is 8.26. The van der Waals surface area contributed by atoms with Gasteiger partial charge in [-0.3, -0.25) is 9.13 Å². The van der Waals surface area contributed by atoms with E-state index in [0.717, 1.165) is 13.8 Å². The molecule has 0 aromatic carbocycles. The first kappa shape index (κ1) is 41.3. The van der Waals surface area contributed by atoms with Crippen LogP contribution in [0.2, 0.25) is 0 Å². The van der Waals surface area contributed by atoms with Gasteiger partial charge in [-0.05, 0) is 29.0 Å². The van der Waals surface area contributed by atoms with Gasteiger partial charge < -0.3 is 57.8 Å². The fourth-order valence-electron chi connectivity index (χ4n) is 0.875. The van der Waals surface area contributed by atoms with Crippen molar-refractivity contribution in [2.24, 2.45) is 0 Å². The van der Waals surface area contributed by atoms with Gasteiger partial charge in [0.25, 0.3) is 0 Å². The zero-order chi connectivity index (χ0) is 21.7. The van der Waals surface area contributed by atoms with Gasteiger partial charge in [0, 0.05) is 0 Å². The van der Waals surface area contributed by atoms with Crippen molar-refractivity contribution >= 4 is 99.5 Å². The van der Waals surface area contributed by atoms with E-state index in [2.05, 4.69) is 22.2 Å². The summed E-state index contributed by atoms with van der Waals surface area (Å²) in [6.07, 6.45) is 0. The smallest absolute Gasteiger partial charge is 0.809 e. The third-order valence-corrected chi connectivity index (χ3v) is 8.49. The van der Waals surface area contributed by atoms with Gasteiger partial charge in [-0.15, -0.1) is 0 Å². The number of aliphatic hydroxyl groups excluding tert-OH is 2. The van der Waals surface area contributed by atoms with Crippen molar-refractivity contribution in [2.75, 3.05) is 0 Å². The molecule has 0 heterocycles. The van der Waals surface area contributed by atoms with Crippen LogP contribution in [0.25, 0.3) is 0 Å². The van der Waals surface area contributed by atoms with E-state index < -0.39 is 41.6 Å². The van der Waals surface area contributed by atoms with Crippen LogP contribution in [-0.2, 0) is 27.3 Å². The monoisotopic (exact) mass is 530 g/mol. The average Bonchev–Trinajstić information content (AvgIpc) is 2.32. The van der Waals surface area contributed by atoms with Crippen molar-refractivity contribution in [3.63, 3.8) is 0 Å². The van der Waals surface area contributed by atoms with Crippen molar-refractivity contribution in [3.05, 3.63) is 24.7 Å². The molecule has 0 amide bonds. The van der Waals surface area contributed by atoms with Gasteiger partial charge in [0.1, 0.15) is 0 Å². The minimum Gasteiger partial charge on any atom is -0.809 e. The fourth-order valence-corrected chi connectivity index (χ4v) is 4.99. The van der Waals surface area contributed by atoms with Crippen LogP contribution in [0.3, 0.4) is 0 Å². The Bertz CT molecular complexity index is 656. The molecule has 0 radical (unpaired) electrons. The molecular weight excluding hydrogens is 517 g/mol. The Kier molecular flexibility index (Phi) is 22.4. The maximum atomic E-state index is 10.7. The summed E-state index contributed by atoms with van der Waals surface area (Å²) in [6, 6.07) is 0. The van der Waals surface area contributed by atoms with Crippen molar-refractivity contribution < 1.29 is 66.9 Å². The minimum atomic E-state index is -5.62. The second kappa shape index (κ2) is 15.8. The largest absolute Gasteiger partial charge is 2.00 e. The van der Waals surface area contributed by atoms with Gasteiger partial charge in [-0.2, -0.15) is 0 Å². The molecule has 0 saturated carbocycles. The minimum absolute atomic E-state index is 0. The van der Waals surface area contributed by atoms with E-state index >= 15 is 0 Å². The van der Waals surface area contributed by atoms with Crippen LogP contribution in [0.4, 0.5) is 0 Å². The molecule has 0 aromatic heterocycles. The van der Waals surface area contributed by atoms with Gasteiger partial charge in [0.15, 0.2) is 11.2 Å². The molecule has 0 aromatic rings. The first-order valence-electron chi connectivity index (χ1n) is 5.86. The van der Waals surface area contributed by atoms with Crippen molar-refractivity contribution in [1.29, 1.82) is 0 Å². The summed E-state index contributed by atoms with van der Waals surface area (Å²) in [5.41, 5.74) is -6.15. The maximum absolute atomic E-state index is 10.7. The molecule has 14 nitrogen and oxygen atoms in total. The molecule has 0 rings (SSSR count). The summed E-state index contributed by atoms with van der Waals surface area (Å²) in [5, 5.41) is 17.1. The van der Waals surface area contributed by atoms with E-state index in [1.807, 2.05) is 0 Å². The normalized spacial score (nSPS) is 16.9. The predicted octanol–water partition coefficient (Wildman–Crippen LogP) is -4.58. The quantitative estimate of drug-likeness (QED) is 0.170. The van der Waals surface area contributed by atoms with Crippen molar-refractivity contribution in [3.8, 4) is 0 Å². The molecule has 156 valence electrons. The molecule has 21 heteroatoms. The fraction of sp³-hybridized carbons (Fsp3) is 0.500. The molecule has 0 bridgehead atoms. The van der Waals surface area contributed by atoms with Gasteiger partial charge in [0.05, 0.1) is 11.5 Å². The standard InChI is InChI=1S/2C4H10O7P2.3Mg/c2*1-3(2)11-13(9,10)4(5)12(6,7)8;;;/h2*4-5H,1H2,2H3,(H,9,10)(H2,6,7,8);;;/q;;3*+2/p-6. The Morgan fingerprint density at radius 1 is 0.690 bits per heavy atom. The Balaban J connectivity index is -0.000000120. The first-order valence-corrected chi connectivity index (χ1v) is 12.3. The second-order valence-electron chi connectivity index (χ2n) is 4.44. The predicted molar refractivity (Wildman–Crippen MR) is 91.5 cm³/mol. The summed E-state index contributed by atoms with van der Waals surface area (Å²) < 4.78 is 49.4. The Labute approximate surface area is 214 Å². The number of hydrogen-bond donors (Lipinski definition) is 2. The number of hydrogen-bond acceptors (Lipinski definition) is 14. The Hall–Kier alpha value is 1.98. The maximum Gasteiger partial charge on any atom is 2.00 e. The SMILES string of the molecule is C=C(C)OP(=O)([O-])C(O)P(=O)([O-])[O-].C=C(C)OP(=O)([O-])C(O)P(=O)([O-])[O-].[Mg+2].[Mg+2].[Mg+2].